The first-order valence-corrected chi connectivity index (χ1v) is 10.4. The van der Waals surface area contributed by atoms with Gasteiger partial charge < -0.3 is 10.2 Å². The number of anilines is 1. The summed E-state index contributed by atoms with van der Waals surface area (Å²) in [6, 6.07) is 30.8. The molecule has 1 heterocycles. The Bertz CT molecular complexity index is 843. The van der Waals surface area contributed by atoms with Crippen molar-refractivity contribution in [2.45, 2.75) is 19.9 Å². The minimum atomic E-state index is 0.658. The number of hydrogen-bond acceptors (Lipinski definition) is 2. The van der Waals surface area contributed by atoms with E-state index in [4.69, 9.17) is 0 Å². The monoisotopic (exact) mass is 370 g/mol. The second-order valence-electron chi connectivity index (χ2n) is 8.07. The van der Waals surface area contributed by atoms with Gasteiger partial charge in [-0.2, -0.15) is 0 Å². The molecule has 1 aliphatic rings. The van der Waals surface area contributed by atoms with E-state index in [9.17, 15) is 0 Å². The van der Waals surface area contributed by atoms with E-state index >= 15 is 0 Å². The Balaban J connectivity index is 1.51. The lowest BCUT2D eigenvalue weighted by molar-refractivity contribution is 0.413. The van der Waals surface area contributed by atoms with Crippen LogP contribution in [-0.2, 0) is 13.0 Å². The van der Waals surface area contributed by atoms with Gasteiger partial charge in [0.1, 0.15) is 0 Å². The fraction of sp³-hybridized carbons (Fsp3) is 0.308. The summed E-state index contributed by atoms with van der Waals surface area (Å²) >= 11 is 0. The first-order valence-electron chi connectivity index (χ1n) is 10.4. The standard InChI is InChI=1S/C26H30N2/c1-21-12-14-26(15-13-21)28(19-23-10-6-3-7-11-23)20-25-18-27-17-24(25)16-22-8-4-2-5-9-22/h2-15,24-25,27H,16-20H2,1H3/t24-,25+/m0/s1. The highest BCUT2D eigenvalue weighted by molar-refractivity contribution is 5.48. The average molecular weight is 371 g/mol. The molecule has 0 amide bonds. The van der Waals surface area contributed by atoms with Gasteiger partial charge in [0, 0.05) is 18.8 Å². The Morgan fingerprint density at radius 1 is 0.750 bits per heavy atom. The van der Waals surface area contributed by atoms with Crippen molar-refractivity contribution in [2.24, 2.45) is 11.8 Å². The molecule has 1 fully saturated rings. The van der Waals surface area contributed by atoms with E-state index in [-0.39, 0.29) is 0 Å². The molecule has 1 saturated heterocycles. The van der Waals surface area contributed by atoms with Gasteiger partial charge in [0.2, 0.25) is 0 Å². The summed E-state index contributed by atoms with van der Waals surface area (Å²) in [5, 5.41) is 3.65. The molecule has 3 aromatic rings. The summed E-state index contributed by atoms with van der Waals surface area (Å²) in [5.74, 6) is 1.34. The second-order valence-corrected chi connectivity index (χ2v) is 8.07. The number of nitrogens with one attached hydrogen (secondary N) is 1. The van der Waals surface area contributed by atoms with Gasteiger partial charge in [-0.25, -0.2) is 0 Å². The largest absolute Gasteiger partial charge is 0.367 e. The van der Waals surface area contributed by atoms with Crippen LogP contribution in [0.2, 0.25) is 0 Å². The molecule has 0 radical (unpaired) electrons. The quantitative estimate of drug-likeness (QED) is 0.624. The van der Waals surface area contributed by atoms with Crippen LogP contribution in [0.25, 0.3) is 0 Å². The van der Waals surface area contributed by atoms with Crippen molar-refractivity contribution in [3.8, 4) is 0 Å². The summed E-state index contributed by atoms with van der Waals surface area (Å²) in [6.45, 7) is 6.42. The molecule has 0 spiro atoms. The highest BCUT2D eigenvalue weighted by Crippen LogP contribution is 2.26. The van der Waals surface area contributed by atoms with Crippen molar-refractivity contribution in [1.29, 1.82) is 0 Å². The van der Waals surface area contributed by atoms with Crippen molar-refractivity contribution in [1.82, 2.24) is 5.32 Å². The highest BCUT2D eigenvalue weighted by atomic mass is 15.1. The van der Waals surface area contributed by atoms with Crippen LogP contribution in [0, 0.1) is 18.8 Å². The molecule has 0 saturated carbocycles. The number of rotatable bonds is 7. The normalized spacial score (nSPS) is 18.9. The first kappa shape index (κ1) is 18.8. The molecule has 0 unspecified atom stereocenters. The lowest BCUT2D eigenvalue weighted by atomic mass is 9.89. The Hall–Kier alpha value is -2.58. The molecular weight excluding hydrogens is 340 g/mol. The van der Waals surface area contributed by atoms with Gasteiger partial charge in [-0.1, -0.05) is 78.4 Å². The van der Waals surface area contributed by atoms with E-state index in [1.54, 1.807) is 0 Å². The maximum Gasteiger partial charge on any atom is 0.0429 e. The van der Waals surface area contributed by atoms with Crippen LogP contribution in [-0.4, -0.2) is 19.6 Å². The summed E-state index contributed by atoms with van der Waals surface area (Å²) in [6.07, 6.45) is 1.16. The summed E-state index contributed by atoms with van der Waals surface area (Å²) in [7, 11) is 0. The van der Waals surface area contributed by atoms with Crippen LogP contribution in [0.1, 0.15) is 16.7 Å². The molecule has 2 heteroatoms. The zero-order chi connectivity index (χ0) is 19.2. The first-order chi connectivity index (χ1) is 13.8. The molecule has 144 valence electrons. The topological polar surface area (TPSA) is 15.3 Å². The van der Waals surface area contributed by atoms with Crippen molar-refractivity contribution in [3.05, 3.63) is 102 Å². The Kier molecular flexibility index (Phi) is 6.08. The van der Waals surface area contributed by atoms with Gasteiger partial charge >= 0.3 is 0 Å². The minimum Gasteiger partial charge on any atom is -0.367 e. The molecule has 0 aliphatic carbocycles. The molecule has 0 aromatic heterocycles. The van der Waals surface area contributed by atoms with E-state index < -0.39 is 0 Å². The second kappa shape index (κ2) is 9.07. The van der Waals surface area contributed by atoms with E-state index in [0.717, 1.165) is 32.6 Å². The smallest absolute Gasteiger partial charge is 0.0429 e. The third kappa shape index (κ3) is 4.82. The van der Waals surface area contributed by atoms with Gasteiger partial charge in [0.05, 0.1) is 0 Å². The van der Waals surface area contributed by atoms with E-state index in [0.29, 0.717) is 11.8 Å². The van der Waals surface area contributed by atoms with Crippen LogP contribution < -0.4 is 10.2 Å². The lowest BCUT2D eigenvalue weighted by Crippen LogP contribution is -2.33. The van der Waals surface area contributed by atoms with Crippen LogP contribution in [0.5, 0.6) is 0 Å². The predicted molar refractivity (Wildman–Crippen MR) is 119 cm³/mol. The fourth-order valence-electron chi connectivity index (χ4n) is 4.26. The van der Waals surface area contributed by atoms with Crippen LogP contribution >= 0.6 is 0 Å². The predicted octanol–water partition coefficient (Wildman–Crippen LogP) is 5.08. The zero-order valence-electron chi connectivity index (χ0n) is 16.7. The SMILES string of the molecule is Cc1ccc(N(Cc2ccccc2)C[C@H]2CNC[C@@H]2Cc2ccccc2)cc1. The van der Waals surface area contributed by atoms with E-state index in [2.05, 4.69) is 102 Å². The molecule has 0 bridgehead atoms. The average Bonchev–Trinajstić information content (AvgIpc) is 3.16. The fourth-order valence-corrected chi connectivity index (χ4v) is 4.26. The Labute approximate surface area is 169 Å². The van der Waals surface area contributed by atoms with Crippen LogP contribution in [0.4, 0.5) is 5.69 Å². The third-order valence-corrected chi connectivity index (χ3v) is 5.89. The number of aryl methyl sites for hydroxylation is 1. The molecule has 1 aliphatic heterocycles. The molecule has 1 N–H and O–H groups in total. The summed E-state index contributed by atoms with van der Waals surface area (Å²) in [5.41, 5.74) is 5.45. The van der Waals surface area contributed by atoms with E-state index in [1.165, 1.54) is 22.4 Å². The summed E-state index contributed by atoms with van der Waals surface area (Å²) < 4.78 is 0. The lowest BCUT2D eigenvalue weighted by Gasteiger charge is -2.30. The number of nitrogens with zero attached hydrogens (tertiary/aromatic N) is 1. The van der Waals surface area contributed by atoms with Gasteiger partial charge in [0.25, 0.3) is 0 Å². The van der Waals surface area contributed by atoms with Crippen molar-refractivity contribution in [2.75, 3.05) is 24.5 Å². The van der Waals surface area contributed by atoms with Gasteiger partial charge in [-0.05, 0) is 61.5 Å². The molecule has 4 rings (SSSR count). The minimum absolute atomic E-state index is 0.658. The number of hydrogen-bond donors (Lipinski definition) is 1. The van der Waals surface area contributed by atoms with Gasteiger partial charge in [-0.3, -0.25) is 0 Å². The zero-order valence-corrected chi connectivity index (χ0v) is 16.7. The van der Waals surface area contributed by atoms with Crippen molar-refractivity contribution < 1.29 is 0 Å². The molecule has 2 nitrogen and oxygen atoms in total. The molecular formula is C26H30N2. The van der Waals surface area contributed by atoms with Gasteiger partial charge in [0.15, 0.2) is 0 Å². The number of benzene rings is 3. The molecule has 2 atom stereocenters. The van der Waals surface area contributed by atoms with Gasteiger partial charge in [-0.15, -0.1) is 0 Å². The van der Waals surface area contributed by atoms with E-state index in [1.807, 2.05) is 0 Å². The Morgan fingerprint density at radius 3 is 2.04 bits per heavy atom. The van der Waals surface area contributed by atoms with Crippen molar-refractivity contribution in [3.63, 3.8) is 0 Å². The van der Waals surface area contributed by atoms with Crippen LogP contribution in [0.15, 0.2) is 84.9 Å². The third-order valence-electron chi connectivity index (χ3n) is 5.89. The van der Waals surface area contributed by atoms with Crippen LogP contribution in [0.3, 0.4) is 0 Å². The summed E-state index contributed by atoms with van der Waals surface area (Å²) in [4.78, 5) is 2.56. The Morgan fingerprint density at radius 2 is 1.36 bits per heavy atom. The molecule has 28 heavy (non-hydrogen) atoms. The molecule has 3 aromatic carbocycles. The maximum absolute atomic E-state index is 3.65. The highest BCUT2D eigenvalue weighted by Gasteiger charge is 2.29. The van der Waals surface area contributed by atoms with Crippen molar-refractivity contribution >= 4 is 5.69 Å². The maximum atomic E-state index is 3.65.